The highest BCUT2D eigenvalue weighted by atomic mass is 15.1. The Morgan fingerprint density at radius 3 is 2.46 bits per heavy atom. The third-order valence-electron chi connectivity index (χ3n) is 2.31. The van der Waals surface area contributed by atoms with E-state index in [0.717, 1.165) is 11.1 Å². The van der Waals surface area contributed by atoms with Gasteiger partial charge in [-0.15, -0.1) is 0 Å². The van der Waals surface area contributed by atoms with Gasteiger partial charge in [0.15, 0.2) is 0 Å². The van der Waals surface area contributed by atoms with Crippen LogP contribution in [0.25, 0.3) is 0 Å². The fourth-order valence-electron chi connectivity index (χ4n) is 1.24. The summed E-state index contributed by atoms with van der Waals surface area (Å²) in [6.45, 7) is 2.09. The second-order valence-corrected chi connectivity index (χ2v) is 3.34. The van der Waals surface area contributed by atoms with Crippen LogP contribution in [-0.4, -0.2) is 19.0 Å². The summed E-state index contributed by atoms with van der Waals surface area (Å²) < 4.78 is 0. The first kappa shape index (κ1) is 9.76. The third kappa shape index (κ3) is 2.07. The number of hydrogen-bond donors (Lipinski definition) is 0. The van der Waals surface area contributed by atoms with Crippen LogP contribution in [0.4, 0.5) is 0 Å². The average molecular weight is 174 g/mol. The highest BCUT2D eigenvalue weighted by molar-refractivity contribution is 5.39. The maximum absolute atomic E-state index is 8.88. The minimum Gasteiger partial charge on any atom is -0.303 e. The molecule has 1 atom stereocenters. The Bertz CT molecular complexity index is 323. The molecule has 0 amide bonds. The Kier molecular flexibility index (Phi) is 3.05. The Morgan fingerprint density at radius 2 is 1.92 bits per heavy atom. The normalized spacial score (nSPS) is 12.5. The van der Waals surface area contributed by atoms with Gasteiger partial charge in [-0.25, -0.2) is 0 Å². The number of nitriles is 1. The largest absolute Gasteiger partial charge is 0.303 e. The Hall–Kier alpha value is -1.33. The van der Waals surface area contributed by atoms with Gasteiger partial charge in [-0.2, -0.15) is 5.26 Å². The van der Waals surface area contributed by atoms with E-state index in [2.05, 4.69) is 17.9 Å². The maximum atomic E-state index is 8.88. The zero-order valence-electron chi connectivity index (χ0n) is 8.28. The summed E-state index contributed by atoms with van der Waals surface area (Å²) in [5.41, 5.74) is 1.86. The molecule has 0 aliphatic carbocycles. The summed E-state index contributed by atoms with van der Waals surface area (Å²) in [6, 6.07) is 10.2. The first-order valence-corrected chi connectivity index (χ1v) is 4.32. The molecule has 13 heavy (non-hydrogen) atoms. The van der Waals surface area contributed by atoms with Crippen LogP contribution in [0.2, 0.25) is 0 Å². The van der Waals surface area contributed by atoms with Crippen molar-refractivity contribution >= 4 is 0 Å². The lowest BCUT2D eigenvalue weighted by Crippen LogP contribution is -2.17. The second kappa shape index (κ2) is 4.06. The zero-order chi connectivity index (χ0) is 9.84. The average Bonchev–Trinajstić information content (AvgIpc) is 2.16. The summed E-state index contributed by atoms with van der Waals surface area (Å²) in [7, 11) is 4.03. The van der Waals surface area contributed by atoms with Crippen molar-refractivity contribution in [2.45, 2.75) is 13.0 Å². The van der Waals surface area contributed by atoms with Crippen molar-refractivity contribution in [1.82, 2.24) is 4.90 Å². The lowest BCUT2D eigenvalue weighted by atomic mass is 10.0. The molecule has 0 bridgehead atoms. The lowest BCUT2D eigenvalue weighted by Gasteiger charge is -2.20. The zero-order valence-corrected chi connectivity index (χ0v) is 8.28. The molecule has 2 heteroatoms. The molecule has 0 saturated carbocycles. The minimum atomic E-state index is 0.288. The molecule has 0 radical (unpaired) electrons. The Labute approximate surface area is 79.4 Å². The SMILES string of the molecule is CC(c1ccccc1C#N)N(C)C. The molecule has 0 aliphatic rings. The van der Waals surface area contributed by atoms with E-state index in [1.807, 2.05) is 38.4 Å². The number of hydrogen-bond acceptors (Lipinski definition) is 2. The van der Waals surface area contributed by atoms with E-state index in [-0.39, 0.29) is 6.04 Å². The lowest BCUT2D eigenvalue weighted by molar-refractivity contribution is 0.321. The molecule has 0 spiro atoms. The van der Waals surface area contributed by atoms with Crippen LogP contribution in [0.3, 0.4) is 0 Å². The van der Waals surface area contributed by atoms with E-state index in [4.69, 9.17) is 5.26 Å². The van der Waals surface area contributed by atoms with Crippen molar-refractivity contribution in [2.24, 2.45) is 0 Å². The molecule has 1 aromatic rings. The minimum absolute atomic E-state index is 0.288. The van der Waals surface area contributed by atoms with Crippen LogP contribution < -0.4 is 0 Å². The van der Waals surface area contributed by atoms with Gasteiger partial charge in [0.05, 0.1) is 11.6 Å². The number of benzene rings is 1. The van der Waals surface area contributed by atoms with Crippen LogP contribution in [-0.2, 0) is 0 Å². The Morgan fingerprint density at radius 1 is 1.31 bits per heavy atom. The topological polar surface area (TPSA) is 27.0 Å². The molecule has 2 nitrogen and oxygen atoms in total. The summed E-state index contributed by atoms with van der Waals surface area (Å²) in [5.74, 6) is 0. The van der Waals surface area contributed by atoms with E-state index < -0.39 is 0 Å². The van der Waals surface area contributed by atoms with Crippen LogP contribution >= 0.6 is 0 Å². The first-order valence-electron chi connectivity index (χ1n) is 4.32. The van der Waals surface area contributed by atoms with Crippen LogP contribution in [0.5, 0.6) is 0 Å². The van der Waals surface area contributed by atoms with Crippen LogP contribution in [0.1, 0.15) is 24.1 Å². The van der Waals surface area contributed by atoms with E-state index in [0.29, 0.717) is 0 Å². The highest BCUT2D eigenvalue weighted by Crippen LogP contribution is 2.20. The van der Waals surface area contributed by atoms with E-state index in [9.17, 15) is 0 Å². The van der Waals surface area contributed by atoms with Gasteiger partial charge in [0, 0.05) is 6.04 Å². The quantitative estimate of drug-likeness (QED) is 0.687. The molecule has 1 unspecified atom stereocenters. The molecule has 0 aromatic heterocycles. The number of rotatable bonds is 2. The summed E-state index contributed by atoms with van der Waals surface area (Å²) >= 11 is 0. The smallest absolute Gasteiger partial charge is 0.0995 e. The molecule has 0 fully saturated rings. The summed E-state index contributed by atoms with van der Waals surface area (Å²) in [4.78, 5) is 2.09. The molecule has 0 heterocycles. The molecule has 1 rings (SSSR count). The summed E-state index contributed by atoms with van der Waals surface area (Å²) in [5, 5.41) is 8.88. The van der Waals surface area contributed by atoms with E-state index in [1.165, 1.54) is 0 Å². The first-order chi connectivity index (χ1) is 6.16. The molecule has 0 saturated heterocycles. The van der Waals surface area contributed by atoms with Gasteiger partial charge >= 0.3 is 0 Å². The third-order valence-corrected chi connectivity index (χ3v) is 2.31. The van der Waals surface area contributed by atoms with Gasteiger partial charge in [0.1, 0.15) is 0 Å². The van der Waals surface area contributed by atoms with Gasteiger partial charge in [-0.05, 0) is 32.6 Å². The molecular weight excluding hydrogens is 160 g/mol. The van der Waals surface area contributed by atoms with Crippen molar-refractivity contribution in [3.05, 3.63) is 35.4 Å². The fraction of sp³-hybridized carbons (Fsp3) is 0.364. The van der Waals surface area contributed by atoms with Crippen molar-refractivity contribution in [1.29, 1.82) is 5.26 Å². The molecule has 68 valence electrons. The van der Waals surface area contributed by atoms with Gasteiger partial charge < -0.3 is 4.90 Å². The molecule has 1 aromatic carbocycles. The van der Waals surface area contributed by atoms with E-state index in [1.54, 1.807) is 0 Å². The van der Waals surface area contributed by atoms with Gasteiger partial charge in [0.2, 0.25) is 0 Å². The predicted molar refractivity (Wildman–Crippen MR) is 53.3 cm³/mol. The molecule has 0 aliphatic heterocycles. The maximum Gasteiger partial charge on any atom is 0.0995 e. The molecular formula is C11H14N2. The monoisotopic (exact) mass is 174 g/mol. The van der Waals surface area contributed by atoms with Gasteiger partial charge in [-0.3, -0.25) is 0 Å². The number of nitrogens with zero attached hydrogens (tertiary/aromatic N) is 2. The second-order valence-electron chi connectivity index (χ2n) is 3.34. The van der Waals surface area contributed by atoms with Crippen molar-refractivity contribution < 1.29 is 0 Å². The van der Waals surface area contributed by atoms with Crippen LogP contribution in [0.15, 0.2) is 24.3 Å². The van der Waals surface area contributed by atoms with Crippen LogP contribution in [0, 0.1) is 11.3 Å². The highest BCUT2D eigenvalue weighted by Gasteiger charge is 2.10. The van der Waals surface area contributed by atoms with Crippen molar-refractivity contribution in [3.63, 3.8) is 0 Å². The Balaban J connectivity index is 3.07. The predicted octanol–water partition coefficient (Wildman–Crippen LogP) is 2.18. The van der Waals surface area contributed by atoms with Gasteiger partial charge in [0.25, 0.3) is 0 Å². The van der Waals surface area contributed by atoms with E-state index >= 15 is 0 Å². The van der Waals surface area contributed by atoms with Crippen molar-refractivity contribution in [3.8, 4) is 6.07 Å². The fourth-order valence-corrected chi connectivity index (χ4v) is 1.24. The standard InChI is InChI=1S/C11H14N2/c1-9(13(2)3)11-7-5-4-6-10(11)8-12/h4-7,9H,1-3H3. The summed E-state index contributed by atoms with van der Waals surface area (Å²) in [6.07, 6.45) is 0. The van der Waals surface area contributed by atoms with Gasteiger partial charge in [-0.1, -0.05) is 18.2 Å². The molecule has 0 N–H and O–H groups in total. The van der Waals surface area contributed by atoms with Crippen molar-refractivity contribution in [2.75, 3.05) is 14.1 Å².